The molecule has 0 fully saturated rings. The van der Waals surface area contributed by atoms with Gasteiger partial charge in [0.05, 0.1) is 10.7 Å². The van der Waals surface area contributed by atoms with E-state index in [9.17, 15) is 9.90 Å². The number of benzene rings is 2. The molecule has 3 aromatic rings. The number of para-hydroxylation sites is 1. The molecular formula is C15H11ClN2O3. The van der Waals surface area contributed by atoms with Gasteiger partial charge in [0.2, 0.25) is 0 Å². The molecule has 2 aromatic carbocycles. The first-order chi connectivity index (χ1) is 10.1. The number of carbonyl (C=O) groups is 1. The lowest BCUT2D eigenvalue weighted by Gasteiger charge is -2.17. The van der Waals surface area contributed by atoms with E-state index < -0.39 is 12.0 Å². The van der Waals surface area contributed by atoms with Crippen molar-refractivity contribution in [2.24, 2.45) is 0 Å². The minimum atomic E-state index is -1.01. The fourth-order valence-electron chi connectivity index (χ4n) is 2.07. The Morgan fingerprint density at radius 1 is 1.29 bits per heavy atom. The van der Waals surface area contributed by atoms with Gasteiger partial charge in [-0.3, -0.25) is 0 Å². The number of aliphatic carboxylic acids is 1. The molecule has 1 heterocycles. The SMILES string of the molecule is O=C(O)C(Nc1ccccc1Cl)c1ccc2ncoc2c1. The van der Waals surface area contributed by atoms with Gasteiger partial charge in [-0.15, -0.1) is 0 Å². The fourth-order valence-corrected chi connectivity index (χ4v) is 2.26. The smallest absolute Gasteiger partial charge is 0.330 e. The molecule has 0 aliphatic rings. The van der Waals surface area contributed by atoms with Crippen molar-refractivity contribution in [1.29, 1.82) is 0 Å². The highest BCUT2D eigenvalue weighted by molar-refractivity contribution is 6.33. The van der Waals surface area contributed by atoms with Gasteiger partial charge in [0.1, 0.15) is 5.52 Å². The van der Waals surface area contributed by atoms with Crippen LogP contribution in [0.15, 0.2) is 53.3 Å². The summed E-state index contributed by atoms with van der Waals surface area (Å²) in [7, 11) is 0. The summed E-state index contributed by atoms with van der Waals surface area (Å²) in [4.78, 5) is 15.5. The van der Waals surface area contributed by atoms with E-state index in [1.165, 1.54) is 6.39 Å². The number of nitrogens with zero attached hydrogens (tertiary/aromatic N) is 1. The largest absolute Gasteiger partial charge is 0.479 e. The molecule has 21 heavy (non-hydrogen) atoms. The lowest BCUT2D eigenvalue weighted by molar-refractivity contribution is -0.138. The van der Waals surface area contributed by atoms with Gasteiger partial charge in [-0.05, 0) is 29.8 Å². The van der Waals surface area contributed by atoms with Gasteiger partial charge in [0.25, 0.3) is 0 Å². The average molecular weight is 303 g/mol. The first kappa shape index (κ1) is 13.5. The Morgan fingerprint density at radius 2 is 2.10 bits per heavy atom. The highest BCUT2D eigenvalue weighted by Crippen LogP contribution is 2.27. The van der Waals surface area contributed by atoms with E-state index in [2.05, 4.69) is 10.3 Å². The summed E-state index contributed by atoms with van der Waals surface area (Å²) in [6.07, 6.45) is 1.33. The standard InChI is InChI=1S/C15H11ClN2O3/c16-10-3-1-2-4-11(10)18-14(15(19)20)9-5-6-12-13(7-9)21-8-17-12/h1-8,14,18H,(H,19,20). The third kappa shape index (κ3) is 2.68. The zero-order chi connectivity index (χ0) is 14.8. The minimum absolute atomic E-state index is 0.462. The van der Waals surface area contributed by atoms with Crippen molar-refractivity contribution in [3.05, 3.63) is 59.4 Å². The summed E-state index contributed by atoms with van der Waals surface area (Å²) >= 11 is 6.05. The molecule has 106 valence electrons. The van der Waals surface area contributed by atoms with E-state index in [-0.39, 0.29) is 0 Å². The van der Waals surface area contributed by atoms with Crippen molar-refractivity contribution < 1.29 is 14.3 Å². The number of oxazole rings is 1. The van der Waals surface area contributed by atoms with Gasteiger partial charge in [0.15, 0.2) is 18.0 Å². The Bertz CT molecular complexity index is 800. The molecule has 6 heteroatoms. The van der Waals surface area contributed by atoms with Crippen LogP contribution in [0, 0.1) is 0 Å². The third-order valence-electron chi connectivity index (χ3n) is 3.11. The van der Waals surface area contributed by atoms with Crippen LogP contribution in [0.1, 0.15) is 11.6 Å². The Kier molecular flexibility index (Phi) is 3.50. The number of fused-ring (bicyclic) bond motifs is 1. The maximum absolute atomic E-state index is 11.5. The van der Waals surface area contributed by atoms with Crippen LogP contribution in [-0.2, 0) is 4.79 Å². The molecule has 5 nitrogen and oxygen atoms in total. The normalized spacial score (nSPS) is 12.2. The molecule has 1 atom stereocenters. The van der Waals surface area contributed by atoms with Gasteiger partial charge in [-0.1, -0.05) is 29.8 Å². The van der Waals surface area contributed by atoms with Crippen LogP contribution in [0.5, 0.6) is 0 Å². The Morgan fingerprint density at radius 3 is 2.86 bits per heavy atom. The number of aromatic nitrogens is 1. The van der Waals surface area contributed by atoms with E-state index >= 15 is 0 Å². The highest BCUT2D eigenvalue weighted by Gasteiger charge is 2.21. The third-order valence-corrected chi connectivity index (χ3v) is 3.44. The van der Waals surface area contributed by atoms with E-state index in [0.29, 0.717) is 27.4 Å². The summed E-state index contributed by atoms with van der Waals surface area (Å²) < 4.78 is 5.20. The summed E-state index contributed by atoms with van der Waals surface area (Å²) in [5, 5.41) is 12.8. The van der Waals surface area contributed by atoms with E-state index in [1.54, 1.807) is 42.5 Å². The van der Waals surface area contributed by atoms with Crippen LogP contribution in [0.4, 0.5) is 5.69 Å². The molecular weight excluding hydrogens is 292 g/mol. The molecule has 0 radical (unpaired) electrons. The Hall–Kier alpha value is -2.53. The van der Waals surface area contributed by atoms with Crippen LogP contribution in [0.25, 0.3) is 11.1 Å². The van der Waals surface area contributed by atoms with Crippen LogP contribution in [0.2, 0.25) is 5.02 Å². The number of carboxylic acid groups (broad SMARTS) is 1. The predicted molar refractivity (Wildman–Crippen MR) is 79.5 cm³/mol. The van der Waals surface area contributed by atoms with Crippen molar-refractivity contribution >= 4 is 34.4 Å². The first-order valence-corrected chi connectivity index (χ1v) is 6.60. The lowest BCUT2D eigenvalue weighted by Crippen LogP contribution is -2.20. The average Bonchev–Trinajstić information content (AvgIpc) is 2.93. The van der Waals surface area contributed by atoms with Crippen molar-refractivity contribution in [3.8, 4) is 0 Å². The monoisotopic (exact) mass is 302 g/mol. The Balaban J connectivity index is 1.97. The van der Waals surface area contributed by atoms with E-state index in [1.807, 2.05) is 0 Å². The summed E-state index contributed by atoms with van der Waals surface area (Å²) in [5.41, 5.74) is 2.34. The summed E-state index contributed by atoms with van der Waals surface area (Å²) in [6, 6.07) is 11.1. The molecule has 0 spiro atoms. The number of halogens is 1. The molecule has 0 aliphatic heterocycles. The van der Waals surface area contributed by atoms with Gasteiger partial charge in [-0.2, -0.15) is 0 Å². The van der Waals surface area contributed by atoms with Crippen molar-refractivity contribution in [3.63, 3.8) is 0 Å². The maximum Gasteiger partial charge on any atom is 0.330 e. The number of rotatable bonds is 4. The molecule has 2 N–H and O–H groups in total. The van der Waals surface area contributed by atoms with E-state index in [4.69, 9.17) is 16.0 Å². The molecule has 0 saturated carbocycles. The van der Waals surface area contributed by atoms with Crippen molar-refractivity contribution in [1.82, 2.24) is 4.98 Å². The molecule has 1 unspecified atom stereocenters. The Labute approximate surface area is 125 Å². The van der Waals surface area contributed by atoms with Crippen LogP contribution < -0.4 is 5.32 Å². The zero-order valence-corrected chi connectivity index (χ0v) is 11.5. The van der Waals surface area contributed by atoms with Crippen LogP contribution in [0.3, 0.4) is 0 Å². The molecule has 0 saturated heterocycles. The molecule has 0 bridgehead atoms. The minimum Gasteiger partial charge on any atom is -0.479 e. The van der Waals surface area contributed by atoms with Gasteiger partial charge in [0, 0.05) is 0 Å². The number of hydrogen-bond acceptors (Lipinski definition) is 4. The van der Waals surface area contributed by atoms with Gasteiger partial charge < -0.3 is 14.8 Å². The molecule has 0 aliphatic carbocycles. The zero-order valence-electron chi connectivity index (χ0n) is 10.8. The van der Waals surface area contributed by atoms with Crippen LogP contribution in [-0.4, -0.2) is 16.1 Å². The summed E-state index contributed by atoms with van der Waals surface area (Å²) in [6.45, 7) is 0. The maximum atomic E-state index is 11.5. The second-order valence-electron chi connectivity index (χ2n) is 4.47. The number of anilines is 1. The predicted octanol–water partition coefficient (Wildman–Crippen LogP) is 3.72. The van der Waals surface area contributed by atoms with Gasteiger partial charge in [-0.25, -0.2) is 9.78 Å². The van der Waals surface area contributed by atoms with Crippen molar-refractivity contribution in [2.45, 2.75) is 6.04 Å². The van der Waals surface area contributed by atoms with Gasteiger partial charge >= 0.3 is 5.97 Å². The van der Waals surface area contributed by atoms with Crippen LogP contribution >= 0.6 is 11.6 Å². The molecule has 3 rings (SSSR count). The van der Waals surface area contributed by atoms with Crippen molar-refractivity contribution in [2.75, 3.05) is 5.32 Å². The number of carboxylic acids is 1. The molecule has 1 aromatic heterocycles. The lowest BCUT2D eigenvalue weighted by atomic mass is 10.1. The highest BCUT2D eigenvalue weighted by atomic mass is 35.5. The second kappa shape index (κ2) is 5.46. The number of nitrogens with one attached hydrogen (secondary N) is 1. The second-order valence-corrected chi connectivity index (χ2v) is 4.88. The van der Waals surface area contributed by atoms with E-state index in [0.717, 1.165) is 0 Å². The summed E-state index contributed by atoms with van der Waals surface area (Å²) in [5.74, 6) is -1.01. The molecule has 0 amide bonds. The number of hydrogen-bond donors (Lipinski definition) is 2. The topological polar surface area (TPSA) is 75.4 Å². The fraction of sp³-hybridized carbons (Fsp3) is 0.0667. The first-order valence-electron chi connectivity index (χ1n) is 6.22. The quantitative estimate of drug-likeness (QED) is 0.768.